The number of likely N-dealkylation sites (N-methyl/N-ethyl adjacent to an activating group) is 1. The van der Waals surface area contributed by atoms with Crippen LogP contribution in [0.3, 0.4) is 0 Å². The van der Waals surface area contributed by atoms with Crippen LogP contribution in [0, 0.1) is 0 Å². The van der Waals surface area contributed by atoms with E-state index in [1.165, 1.54) is 6.42 Å². The normalized spacial score (nSPS) is 28.5. The van der Waals surface area contributed by atoms with Gasteiger partial charge in [-0.05, 0) is 26.7 Å². The molecule has 0 spiro atoms. The first kappa shape index (κ1) is 12.5. The second kappa shape index (κ2) is 6.08. The summed E-state index contributed by atoms with van der Waals surface area (Å²) >= 11 is 0. The van der Waals surface area contributed by atoms with Gasteiger partial charge in [-0.25, -0.2) is 0 Å². The van der Waals surface area contributed by atoms with Gasteiger partial charge in [-0.15, -0.1) is 0 Å². The third-order valence-electron chi connectivity index (χ3n) is 2.85. The van der Waals surface area contributed by atoms with E-state index in [9.17, 15) is 4.79 Å². The molecule has 4 heteroatoms. The average molecular weight is 214 g/mol. The number of carbonyl (C=O) groups is 1. The number of nitrogens with one attached hydrogen (secondary N) is 1. The largest absolute Gasteiger partial charge is 0.364 e. The first-order chi connectivity index (χ1) is 7.15. The summed E-state index contributed by atoms with van der Waals surface area (Å²) in [5, 5.41) is 2.74. The average Bonchev–Trinajstić information content (AvgIpc) is 2.21. The molecule has 3 atom stereocenters. The van der Waals surface area contributed by atoms with Crippen molar-refractivity contribution in [3.8, 4) is 0 Å². The number of hydrogen-bond donors (Lipinski definition) is 2. The van der Waals surface area contributed by atoms with Crippen molar-refractivity contribution in [2.24, 2.45) is 5.73 Å². The van der Waals surface area contributed by atoms with E-state index in [-0.39, 0.29) is 24.2 Å². The molecule has 0 aliphatic heterocycles. The summed E-state index contributed by atoms with van der Waals surface area (Å²) in [5.41, 5.74) is 5.94. The lowest BCUT2D eigenvalue weighted by Gasteiger charge is -2.30. The van der Waals surface area contributed by atoms with Gasteiger partial charge in [0, 0.05) is 12.6 Å². The summed E-state index contributed by atoms with van der Waals surface area (Å²) in [7, 11) is 0. The maximum atomic E-state index is 11.4. The van der Waals surface area contributed by atoms with Crippen LogP contribution in [0.2, 0.25) is 0 Å². The zero-order valence-electron chi connectivity index (χ0n) is 9.66. The molecular formula is C11H22N2O2. The maximum Gasteiger partial charge on any atom is 0.248 e. The standard InChI is InChI=1S/C11H22N2O2/c1-3-13-11(14)8(2)15-10-7-5-4-6-9(10)12/h8-10H,3-7,12H2,1-2H3,(H,13,14). The van der Waals surface area contributed by atoms with Crippen molar-refractivity contribution in [2.75, 3.05) is 6.54 Å². The molecule has 1 amide bonds. The van der Waals surface area contributed by atoms with Gasteiger partial charge in [0.2, 0.25) is 5.91 Å². The quantitative estimate of drug-likeness (QED) is 0.727. The maximum absolute atomic E-state index is 11.4. The molecule has 1 saturated carbocycles. The summed E-state index contributed by atoms with van der Waals surface area (Å²) in [6.07, 6.45) is 3.98. The second-order valence-electron chi connectivity index (χ2n) is 4.16. The van der Waals surface area contributed by atoms with E-state index in [0.29, 0.717) is 6.54 Å². The van der Waals surface area contributed by atoms with Gasteiger partial charge in [0.25, 0.3) is 0 Å². The lowest BCUT2D eigenvalue weighted by atomic mass is 9.93. The molecule has 0 bridgehead atoms. The van der Waals surface area contributed by atoms with Crippen LogP contribution < -0.4 is 11.1 Å². The van der Waals surface area contributed by atoms with E-state index >= 15 is 0 Å². The van der Waals surface area contributed by atoms with Crippen molar-refractivity contribution in [1.82, 2.24) is 5.32 Å². The van der Waals surface area contributed by atoms with Crippen LogP contribution in [0.15, 0.2) is 0 Å². The number of hydrogen-bond acceptors (Lipinski definition) is 3. The van der Waals surface area contributed by atoms with E-state index in [1.807, 2.05) is 6.92 Å². The first-order valence-electron chi connectivity index (χ1n) is 5.84. The van der Waals surface area contributed by atoms with Crippen molar-refractivity contribution in [1.29, 1.82) is 0 Å². The van der Waals surface area contributed by atoms with Gasteiger partial charge in [-0.2, -0.15) is 0 Å². The van der Waals surface area contributed by atoms with Crippen LogP contribution in [-0.4, -0.2) is 30.7 Å². The van der Waals surface area contributed by atoms with Crippen LogP contribution >= 0.6 is 0 Å². The fraction of sp³-hybridized carbons (Fsp3) is 0.909. The predicted molar refractivity (Wildman–Crippen MR) is 59.5 cm³/mol. The van der Waals surface area contributed by atoms with Gasteiger partial charge in [0.15, 0.2) is 0 Å². The lowest BCUT2D eigenvalue weighted by Crippen LogP contribution is -2.44. The fourth-order valence-corrected chi connectivity index (χ4v) is 1.94. The Kier molecular flexibility index (Phi) is 5.05. The molecule has 88 valence electrons. The molecule has 3 N–H and O–H groups in total. The molecule has 15 heavy (non-hydrogen) atoms. The van der Waals surface area contributed by atoms with Crippen molar-refractivity contribution in [3.05, 3.63) is 0 Å². The summed E-state index contributed by atoms with van der Waals surface area (Å²) in [6.45, 7) is 4.33. The van der Waals surface area contributed by atoms with E-state index < -0.39 is 0 Å². The molecule has 0 aromatic heterocycles. The van der Waals surface area contributed by atoms with Gasteiger partial charge in [-0.1, -0.05) is 12.8 Å². The Morgan fingerprint density at radius 3 is 2.80 bits per heavy atom. The highest BCUT2D eigenvalue weighted by atomic mass is 16.5. The number of carbonyl (C=O) groups excluding carboxylic acids is 1. The molecule has 3 unspecified atom stereocenters. The van der Waals surface area contributed by atoms with Gasteiger partial charge in [0.05, 0.1) is 6.10 Å². The smallest absolute Gasteiger partial charge is 0.248 e. The van der Waals surface area contributed by atoms with Gasteiger partial charge in [-0.3, -0.25) is 4.79 Å². The zero-order chi connectivity index (χ0) is 11.3. The van der Waals surface area contributed by atoms with E-state index in [4.69, 9.17) is 10.5 Å². The van der Waals surface area contributed by atoms with Crippen molar-refractivity contribution in [3.63, 3.8) is 0 Å². The van der Waals surface area contributed by atoms with E-state index in [2.05, 4.69) is 5.32 Å². The highest BCUT2D eigenvalue weighted by molar-refractivity contribution is 5.80. The third kappa shape index (κ3) is 3.80. The second-order valence-corrected chi connectivity index (χ2v) is 4.16. The minimum Gasteiger partial charge on any atom is -0.364 e. The van der Waals surface area contributed by atoms with E-state index in [1.54, 1.807) is 6.92 Å². The number of rotatable bonds is 4. The van der Waals surface area contributed by atoms with Crippen molar-refractivity contribution >= 4 is 5.91 Å². The van der Waals surface area contributed by atoms with Crippen LogP contribution in [-0.2, 0) is 9.53 Å². The molecule has 1 aliphatic rings. The lowest BCUT2D eigenvalue weighted by molar-refractivity contribution is -0.137. The Balaban J connectivity index is 2.35. The van der Waals surface area contributed by atoms with Crippen molar-refractivity contribution in [2.45, 2.75) is 57.8 Å². The summed E-state index contributed by atoms with van der Waals surface area (Å²) in [4.78, 5) is 11.4. The summed E-state index contributed by atoms with van der Waals surface area (Å²) < 4.78 is 5.68. The van der Waals surface area contributed by atoms with Crippen molar-refractivity contribution < 1.29 is 9.53 Å². The summed E-state index contributed by atoms with van der Waals surface area (Å²) in [6, 6.07) is 0.0932. The number of ether oxygens (including phenoxy) is 1. The molecule has 1 rings (SSSR count). The van der Waals surface area contributed by atoms with E-state index in [0.717, 1.165) is 19.3 Å². The molecule has 1 aliphatic carbocycles. The Bertz CT molecular complexity index is 209. The van der Waals surface area contributed by atoms with Gasteiger partial charge >= 0.3 is 0 Å². The Hall–Kier alpha value is -0.610. The Morgan fingerprint density at radius 1 is 1.53 bits per heavy atom. The molecule has 1 fully saturated rings. The third-order valence-corrected chi connectivity index (χ3v) is 2.85. The van der Waals surface area contributed by atoms with Gasteiger partial charge in [0.1, 0.15) is 6.10 Å². The molecule has 0 aromatic carbocycles. The van der Waals surface area contributed by atoms with Gasteiger partial charge < -0.3 is 15.8 Å². The fourth-order valence-electron chi connectivity index (χ4n) is 1.94. The zero-order valence-corrected chi connectivity index (χ0v) is 9.66. The van der Waals surface area contributed by atoms with Crippen LogP contribution in [0.1, 0.15) is 39.5 Å². The molecule has 0 radical (unpaired) electrons. The molecule has 0 aromatic rings. The molecule has 4 nitrogen and oxygen atoms in total. The minimum atomic E-state index is -0.390. The summed E-state index contributed by atoms with van der Waals surface area (Å²) in [5.74, 6) is -0.0460. The molecular weight excluding hydrogens is 192 g/mol. The Labute approximate surface area is 91.5 Å². The highest BCUT2D eigenvalue weighted by Gasteiger charge is 2.26. The minimum absolute atomic E-state index is 0.0460. The predicted octanol–water partition coefficient (Wildman–Crippen LogP) is 0.797. The first-order valence-corrected chi connectivity index (χ1v) is 5.84. The Morgan fingerprint density at radius 2 is 2.20 bits per heavy atom. The number of nitrogens with two attached hydrogens (primary N) is 1. The topological polar surface area (TPSA) is 64.3 Å². The van der Waals surface area contributed by atoms with Crippen LogP contribution in [0.25, 0.3) is 0 Å². The molecule has 0 saturated heterocycles. The monoisotopic (exact) mass is 214 g/mol. The molecule has 0 heterocycles. The van der Waals surface area contributed by atoms with Crippen LogP contribution in [0.4, 0.5) is 0 Å². The number of amides is 1. The highest BCUT2D eigenvalue weighted by Crippen LogP contribution is 2.20. The van der Waals surface area contributed by atoms with Crippen LogP contribution in [0.5, 0.6) is 0 Å². The SMILES string of the molecule is CCNC(=O)C(C)OC1CCCCC1N.